The predicted molar refractivity (Wildman–Crippen MR) is 136 cm³/mol. The van der Waals surface area contributed by atoms with Crippen LogP contribution in [0.5, 0.6) is 0 Å². The average Bonchev–Trinajstić information content (AvgIpc) is 3.59. The molecule has 0 spiro atoms. The maximum atomic E-state index is 14.0. The van der Waals surface area contributed by atoms with Gasteiger partial charge in [-0.3, -0.25) is 4.90 Å². The fraction of sp³-hybridized carbons (Fsp3) is 0.385. The first-order chi connectivity index (χ1) is 16.7. The number of halogens is 1. The Morgan fingerprint density at radius 2 is 1.76 bits per heavy atom. The van der Waals surface area contributed by atoms with Crippen LogP contribution in [0.25, 0.3) is 16.2 Å². The van der Waals surface area contributed by atoms with E-state index < -0.39 is 0 Å². The van der Waals surface area contributed by atoms with E-state index in [1.165, 1.54) is 24.5 Å². The van der Waals surface area contributed by atoms with Crippen molar-refractivity contribution in [1.82, 2.24) is 19.5 Å². The van der Waals surface area contributed by atoms with Gasteiger partial charge >= 0.3 is 0 Å². The Labute approximate surface area is 203 Å². The third kappa shape index (κ3) is 4.40. The standard InChI is InChI=1S/C26H29FN6S/c27-21-10-6-9-20(17-21)23-24(28-22-11-4-5-12-22)33-25(29-23)34-26(30-33)32-15-13-31(14-16-32)18-19-7-2-1-3-8-19/h1-3,6-10,17,22,28H,4-5,11-16,18H2. The predicted octanol–water partition coefficient (Wildman–Crippen LogP) is 5.27. The van der Waals surface area contributed by atoms with Crippen LogP contribution in [0, 0.1) is 5.82 Å². The fourth-order valence-corrected chi connectivity index (χ4v) is 5.99. The molecular formula is C26H29FN6S. The van der Waals surface area contributed by atoms with Crippen molar-refractivity contribution in [2.75, 3.05) is 36.4 Å². The van der Waals surface area contributed by atoms with Crippen LogP contribution in [0.4, 0.5) is 15.3 Å². The highest BCUT2D eigenvalue weighted by molar-refractivity contribution is 7.20. The smallest absolute Gasteiger partial charge is 0.216 e. The van der Waals surface area contributed by atoms with Crippen molar-refractivity contribution in [3.8, 4) is 11.3 Å². The second-order valence-corrected chi connectivity index (χ2v) is 10.2. The topological polar surface area (TPSA) is 48.7 Å². The molecule has 2 aliphatic rings. The lowest BCUT2D eigenvalue weighted by Gasteiger charge is -2.34. The highest BCUT2D eigenvalue weighted by atomic mass is 32.1. The molecule has 4 aromatic rings. The number of piperazine rings is 1. The first-order valence-electron chi connectivity index (χ1n) is 12.2. The summed E-state index contributed by atoms with van der Waals surface area (Å²) in [5.41, 5.74) is 2.93. The zero-order valence-corrected chi connectivity index (χ0v) is 20.0. The molecule has 1 aliphatic carbocycles. The molecule has 1 N–H and O–H groups in total. The quantitative estimate of drug-likeness (QED) is 0.411. The van der Waals surface area contributed by atoms with E-state index in [0.29, 0.717) is 6.04 Å². The van der Waals surface area contributed by atoms with Crippen LogP contribution in [0.3, 0.4) is 0 Å². The molecule has 34 heavy (non-hydrogen) atoms. The van der Waals surface area contributed by atoms with Crippen LogP contribution in [-0.4, -0.2) is 51.7 Å². The van der Waals surface area contributed by atoms with Gasteiger partial charge in [-0.15, -0.1) is 5.10 Å². The number of nitrogens with zero attached hydrogens (tertiary/aromatic N) is 5. The molecule has 2 aromatic heterocycles. The first kappa shape index (κ1) is 21.6. The van der Waals surface area contributed by atoms with Crippen LogP contribution in [-0.2, 0) is 6.54 Å². The van der Waals surface area contributed by atoms with Gasteiger partial charge in [-0.05, 0) is 30.5 Å². The van der Waals surface area contributed by atoms with Crippen LogP contribution in [0.2, 0.25) is 0 Å². The summed E-state index contributed by atoms with van der Waals surface area (Å²) in [5.74, 6) is 0.639. The summed E-state index contributed by atoms with van der Waals surface area (Å²) in [6, 6.07) is 17.8. The number of benzene rings is 2. The van der Waals surface area contributed by atoms with Gasteiger partial charge in [-0.2, -0.15) is 4.52 Å². The maximum absolute atomic E-state index is 14.0. The number of fused-ring (bicyclic) bond motifs is 1. The molecule has 6 nitrogen and oxygen atoms in total. The Hall–Kier alpha value is -2.97. The van der Waals surface area contributed by atoms with E-state index in [2.05, 4.69) is 45.4 Å². The van der Waals surface area contributed by atoms with Gasteiger partial charge in [0.15, 0.2) is 5.82 Å². The van der Waals surface area contributed by atoms with Crippen molar-refractivity contribution < 1.29 is 4.39 Å². The molecule has 1 saturated carbocycles. The minimum absolute atomic E-state index is 0.248. The molecule has 1 aliphatic heterocycles. The Bertz CT molecular complexity index is 1260. The molecule has 1 saturated heterocycles. The average molecular weight is 477 g/mol. The summed E-state index contributed by atoms with van der Waals surface area (Å²) in [6.07, 6.45) is 4.78. The lowest BCUT2D eigenvalue weighted by atomic mass is 10.1. The molecule has 2 fully saturated rings. The summed E-state index contributed by atoms with van der Waals surface area (Å²) in [4.78, 5) is 10.6. The molecule has 3 heterocycles. The largest absolute Gasteiger partial charge is 0.365 e. The minimum atomic E-state index is -0.248. The second kappa shape index (κ2) is 9.35. The zero-order chi connectivity index (χ0) is 22.9. The van der Waals surface area contributed by atoms with Gasteiger partial charge in [-0.1, -0.05) is 66.6 Å². The van der Waals surface area contributed by atoms with Crippen molar-refractivity contribution in [3.05, 3.63) is 66.0 Å². The zero-order valence-electron chi connectivity index (χ0n) is 19.2. The van der Waals surface area contributed by atoms with Crippen LogP contribution in [0.15, 0.2) is 54.6 Å². The van der Waals surface area contributed by atoms with Gasteiger partial charge in [0.25, 0.3) is 0 Å². The van der Waals surface area contributed by atoms with E-state index >= 15 is 0 Å². The molecule has 0 amide bonds. The Kier molecular flexibility index (Phi) is 5.93. The van der Waals surface area contributed by atoms with Gasteiger partial charge in [0.05, 0.1) is 0 Å². The van der Waals surface area contributed by atoms with Crippen molar-refractivity contribution >= 4 is 27.2 Å². The number of hydrogen-bond donors (Lipinski definition) is 1. The molecule has 8 heteroatoms. The van der Waals surface area contributed by atoms with E-state index in [0.717, 1.165) is 72.7 Å². The number of aromatic nitrogens is 3. The molecule has 0 unspecified atom stereocenters. The number of nitrogens with one attached hydrogen (secondary N) is 1. The summed E-state index contributed by atoms with van der Waals surface area (Å²) < 4.78 is 15.9. The van der Waals surface area contributed by atoms with Crippen molar-refractivity contribution in [2.24, 2.45) is 0 Å². The number of rotatable bonds is 6. The summed E-state index contributed by atoms with van der Waals surface area (Å²) in [5, 5.41) is 9.68. The normalized spacial score (nSPS) is 17.6. The SMILES string of the molecule is Fc1cccc(-c2nc3sc(N4CCN(Cc5ccccc5)CC4)nn3c2NC2CCCC2)c1. The number of anilines is 2. The van der Waals surface area contributed by atoms with Crippen LogP contribution < -0.4 is 10.2 Å². The summed E-state index contributed by atoms with van der Waals surface area (Å²) in [7, 11) is 0. The minimum Gasteiger partial charge on any atom is -0.365 e. The molecule has 0 atom stereocenters. The second-order valence-electron chi connectivity index (χ2n) is 9.27. The highest BCUT2D eigenvalue weighted by Crippen LogP contribution is 2.35. The van der Waals surface area contributed by atoms with Gasteiger partial charge in [0.1, 0.15) is 11.5 Å². The van der Waals surface area contributed by atoms with Crippen LogP contribution >= 0.6 is 11.3 Å². The molecule has 6 rings (SSSR count). The van der Waals surface area contributed by atoms with Crippen molar-refractivity contribution in [1.29, 1.82) is 0 Å². The molecular weight excluding hydrogens is 447 g/mol. The Morgan fingerprint density at radius 1 is 0.971 bits per heavy atom. The summed E-state index contributed by atoms with van der Waals surface area (Å²) >= 11 is 1.62. The van der Waals surface area contributed by atoms with Crippen LogP contribution in [0.1, 0.15) is 31.2 Å². The molecule has 0 bridgehead atoms. The van der Waals surface area contributed by atoms with Crippen molar-refractivity contribution in [3.63, 3.8) is 0 Å². The third-order valence-electron chi connectivity index (χ3n) is 6.88. The fourth-order valence-electron chi connectivity index (χ4n) is 5.04. The first-order valence-corrected chi connectivity index (χ1v) is 13.0. The van der Waals surface area contributed by atoms with Crippen molar-refractivity contribution in [2.45, 2.75) is 38.3 Å². The molecule has 0 radical (unpaired) electrons. The van der Waals surface area contributed by atoms with E-state index in [9.17, 15) is 4.39 Å². The van der Waals surface area contributed by atoms with Gasteiger partial charge in [0.2, 0.25) is 10.1 Å². The maximum Gasteiger partial charge on any atom is 0.216 e. The lowest BCUT2D eigenvalue weighted by molar-refractivity contribution is 0.249. The van der Waals surface area contributed by atoms with E-state index in [1.807, 2.05) is 10.6 Å². The van der Waals surface area contributed by atoms with E-state index in [4.69, 9.17) is 10.1 Å². The number of hydrogen-bond acceptors (Lipinski definition) is 6. The van der Waals surface area contributed by atoms with Gasteiger partial charge in [-0.25, -0.2) is 9.37 Å². The third-order valence-corrected chi connectivity index (χ3v) is 7.85. The van der Waals surface area contributed by atoms with E-state index in [-0.39, 0.29) is 5.82 Å². The number of imidazole rings is 1. The van der Waals surface area contributed by atoms with E-state index in [1.54, 1.807) is 23.5 Å². The van der Waals surface area contributed by atoms with Gasteiger partial charge in [0, 0.05) is 44.3 Å². The van der Waals surface area contributed by atoms with Gasteiger partial charge < -0.3 is 10.2 Å². The summed E-state index contributed by atoms with van der Waals surface area (Å²) in [6.45, 7) is 4.91. The highest BCUT2D eigenvalue weighted by Gasteiger charge is 2.25. The molecule has 2 aromatic carbocycles. The molecule has 176 valence electrons. The Balaban J connectivity index is 1.24. The Morgan fingerprint density at radius 3 is 2.53 bits per heavy atom. The lowest BCUT2D eigenvalue weighted by Crippen LogP contribution is -2.46. The monoisotopic (exact) mass is 476 g/mol.